The van der Waals surface area contributed by atoms with E-state index in [1.165, 1.54) is 0 Å². The van der Waals surface area contributed by atoms with E-state index in [9.17, 15) is 14.4 Å². The van der Waals surface area contributed by atoms with E-state index in [0.29, 0.717) is 37.3 Å². The van der Waals surface area contributed by atoms with E-state index in [2.05, 4.69) is 10.2 Å². The summed E-state index contributed by atoms with van der Waals surface area (Å²) in [5, 5.41) is 4.92. The van der Waals surface area contributed by atoms with Crippen molar-refractivity contribution < 1.29 is 14.4 Å². The number of amides is 3. The molecule has 2 heterocycles. The second kappa shape index (κ2) is 10.6. The summed E-state index contributed by atoms with van der Waals surface area (Å²) >= 11 is 0. The van der Waals surface area contributed by atoms with Crippen molar-refractivity contribution in [2.45, 2.75) is 19.3 Å². The van der Waals surface area contributed by atoms with Crippen molar-refractivity contribution in [1.82, 2.24) is 10.2 Å². The first-order chi connectivity index (χ1) is 17.9. The smallest absolute Gasteiger partial charge is 0.251 e. The number of benzene rings is 3. The Kier molecular flexibility index (Phi) is 7.10. The summed E-state index contributed by atoms with van der Waals surface area (Å²) in [5.74, 6) is -0.0395. The fourth-order valence-electron chi connectivity index (χ4n) is 5.15. The number of anilines is 3. The van der Waals surface area contributed by atoms with E-state index in [-0.39, 0.29) is 23.6 Å². The van der Waals surface area contributed by atoms with E-state index in [1.807, 2.05) is 54.6 Å². The number of hydrogen-bond acceptors (Lipinski definition) is 5. The highest BCUT2D eigenvalue weighted by molar-refractivity contribution is 6.00. The number of likely N-dealkylation sites (N-methyl/N-ethyl adjacent to an activating group) is 1. The van der Waals surface area contributed by atoms with Gasteiger partial charge in [-0.3, -0.25) is 19.3 Å². The first-order valence-corrected chi connectivity index (χ1v) is 12.8. The lowest BCUT2D eigenvalue weighted by atomic mass is 10.1. The Balaban J connectivity index is 1.16. The molecule has 3 amide bonds. The Bertz CT molecular complexity index is 1320. The van der Waals surface area contributed by atoms with Crippen LogP contribution in [-0.2, 0) is 9.59 Å². The third kappa shape index (κ3) is 5.59. The zero-order valence-electron chi connectivity index (χ0n) is 21.2. The number of carbonyl (C=O) groups excluding carboxylic acids is 3. The molecular formula is C29H33N5O3. The van der Waals surface area contributed by atoms with Crippen molar-refractivity contribution in [3.8, 4) is 0 Å². The molecule has 192 valence electrons. The van der Waals surface area contributed by atoms with Crippen molar-refractivity contribution in [3.63, 3.8) is 0 Å². The highest BCUT2D eigenvalue weighted by atomic mass is 16.2. The lowest BCUT2D eigenvalue weighted by molar-refractivity contribution is -0.119. The third-order valence-corrected chi connectivity index (χ3v) is 7.36. The molecule has 0 aliphatic carbocycles. The maximum atomic E-state index is 12.8. The minimum absolute atomic E-state index is 0.0249. The SMILES string of the molecule is CN(C(=O)CN1CCCC1)c1ccc(N2CC(CNC(=O)c3ccc4ccc(N)cc4c3)CC2=O)cc1. The van der Waals surface area contributed by atoms with Gasteiger partial charge in [0.25, 0.3) is 5.91 Å². The minimum atomic E-state index is -0.166. The molecule has 2 saturated heterocycles. The van der Waals surface area contributed by atoms with Gasteiger partial charge in [0.2, 0.25) is 11.8 Å². The minimum Gasteiger partial charge on any atom is -0.399 e. The molecule has 8 nitrogen and oxygen atoms in total. The van der Waals surface area contributed by atoms with Crippen LogP contribution in [0, 0.1) is 5.92 Å². The third-order valence-electron chi connectivity index (χ3n) is 7.36. The topological polar surface area (TPSA) is 99.0 Å². The van der Waals surface area contributed by atoms with Crippen molar-refractivity contribution in [2.75, 3.05) is 55.3 Å². The summed E-state index contributed by atoms with van der Waals surface area (Å²) in [7, 11) is 1.79. The Hall–Kier alpha value is -3.91. The highest BCUT2D eigenvalue weighted by Crippen LogP contribution is 2.27. The lowest BCUT2D eigenvalue weighted by Crippen LogP contribution is -2.37. The predicted molar refractivity (Wildman–Crippen MR) is 147 cm³/mol. The van der Waals surface area contributed by atoms with Gasteiger partial charge < -0.3 is 20.9 Å². The van der Waals surface area contributed by atoms with Gasteiger partial charge >= 0.3 is 0 Å². The largest absolute Gasteiger partial charge is 0.399 e. The van der Waals surface area contributed by atoms with Crippen LogP contribution in [0.1, 0.15) is 29.6 Å². The van der Waals surface area contributed by atoms with Crippen LogP contribution in [0.2, 0.25) is 0 Å². The van der Waals surface area contributed by atoms with Gasteiger partial charge in [0.15, 0.2) is 0 Å². The lowest BCUT2D eigenvalue weighted by Gasteiger charge is -2.22. The van der Waals surface area contributed by atoms with Crippen molar-refractivity contribution in [3.05, 3.63) is 66.2 Å². The van der Waals surface area contributed by atoms with Gasteiger partial charge in [-0.25, -0.2) is 0 Å². The van der Waals surface area contributed by atoms with E-state index < -0.39 is 0 Å². The van der Waals surface area contributed by atoms with Crippen LogP contribution in [0.5, 0.6) is 0 Å². The molecule has 0 radical (unpaired) electrons. The number of nitrogen functional groups attached to an aromatic ring is 1. The molecule has 3 N–H and O–H groups in total. The summed E-state index contributed by atoms with van der Waals surface area (Å²) in [5.41, 5.74) is 8.71. The van der Waals surface area contributed by atoms with E-state index >= 15 is 0 Å². The van der Waals surface area contributed by atoms with Crippen LogP contribution >= 0.6 is 0 Å². The Morgan fingerprint density at radius 3 is 2.49 bits per heavy atom. The molecule has 3 aromatic rings. The molecule has 1 unspecified atom stereocenters. The highest BCUT2D eigenvalue weighted by Gasteiger charge is 2.31. The number of hydrogen-bond donors (Lipinski definition) is 2. The van der Waals surface area contributed by atoms with Crippen LogP contribution in [0.3, 0.4) is 0 Å². The standard InChI is InChI=1S/C29H33N5O3/c1-32(28(36)19-33-12-2-3-13-33)25-8-10-26(11-9-25)34-18-20(14-27(34)35)17-31-29(37)22-5-4-21-6-7-24(30)16-23(21)15-22/h4-11,15-16,20H,2-3,12-14,17-19,30H2,1H3,(H,31,37). The van der Waals surface area contributed by atoms with Gasteiger partial charge in [-0.1, -0.05) is 12.1 Å². The average Bonchev–Trinajstić information content (AvgIpc) is 3.55. The first kappa shape index (κ1) is 24.8. The van der Waals surface area contributed by atoms with E-state index in [0.717, 1.165) is 48.1 Å². The van der Waals surface area contributed by atoms with Crippen LogP contribution in [0.15, 0.2) is 60.7 Å². The molecule has 8 heteroatoms. The maximum Gasteiger partial charge on any atom is 0.251 e. The zero-order valence-corrected chi connectivity index (χ0v) is 21.2. The second-order valence-electron chi connectivity index (χ2n) is 10.1. The van der Waals surface area contributed by atoms with Gasteiger partial charge in [0, 0.05) is 55.1 Å². The predicted octanol–water partition coefficient (Wildman–Crippen LogP) is 3.26. The summed E-state index contributed by atoms with van der Waals surface area (Å²) in [6.07, 6.45) is 2.68. The van der Waals surface area contributed by atoms with Crippen LogP contribution in [0.25, 0.3) is 10.8 Å². The zero-order chi connectivity index (χ0) is 25.9. The van der Waals surface area contributed by atoms with E-state index in [4.69, 9.17) is 5.73 Å². The van der Waals surface area contributed by atoms with Gasteiger partial charge in [-0.05, 0) is 85.2 Å². The number of carbonyl (C=O) groups is 3. The van der Waals surface area contributed by atoms with Crippen molar-refractivity contribution in [1.29, 1.82) is 0 Å². The number of nitrogens with zero attached hydrogens (tertiary/aromatic N) is 3. The van der Waals surface area contributed by atoms with Crippen molar-refractivity contribution >= 4 is 45.6 Å². The molecule has 0 aromatic heterocycles. The monoisotopic (exact) mass is 499 g/mol. The molecule has 1 atom stereocenters. The van der Waals surface area contributed by atoms with Gasteiger partial charge in [0.05, 0.1) is 6.54 Å². The number of likely N-dealkylation sites (tertiary alicyclic amines) is 1. The summed E-state index contributed by atoms with van der Waals surface area (Å²) in [4.78, 5) is 43.7. The summed E-state index contributed by atoms with van der Waals surface area (Å²) in [6, 6.07) is 18.7. The molecule has 2 fully saturated rings. The number of nitrogens with one attached hydrogen (secondary N) is 1. The fraction of sp³-hybridized carbons (Fsp3) is 0.345. The number of fused-ring (bicyclic) bond motifs is 1. The summed E-state index contributed by atoms with van der Waals surface area (Å²) < 4.78 is 0. The van der Waals surface area contributed by atoms with Gasteiger partial charge in [0.1, 0.15) is 0 Å². The summed E-state index contributed by atoms with van der Waals surface area (Å²) in [6.45, 7) is 3.35. The molecule has 0 bridgehead atoms. The quantitative estimate of drug-likeness (QED) is 0.486. The van der Waals surface area contributed by atoms with Crippen LogP contribution < -0.4 is 20.9 Å². The molecule has 2 aliphatic heterocycles. The molecule has 2 aliphatic rings. The average molecular weight is 500 g/mol. The fourth-order valence-corrected chi connectivity index (χ4v) is 5.15. The molecule has 3 aromatic carbocycles. The number of nitrogens with two attached hydrogens (primary N) is 1. The first-order valence-electron chi connectivity index (χ1n) is 12.8. The Labute approximate surface area is 217 Å². The van der Waals surface area contributed by atoms with E-state index in [1.54, 1.807) is 22.9 Å². The molecule has 0 saturated carbocycles. The normalized spacial score (nSPS) is 17.9. The second-order valence-corrected chi connectivity index (χ2v) is 10.1. The Morgan fingerprint density at radius 2 is 1.73 bits per heavy atom. The maximum absolute atomic E-state index is 12.8. The van der Waals surface area contributed by atoms with Gasteiger partial charge in [-0.2, -0.15) is 0 Å². The number of rotatable bonds is 7. The van der Waals surface area contributed by atoms with Crippen molar-refractivity contribution in [2.24, 2.45) is 5.92 Å². The molecule has 5 rings (SSSR count). The van der Waals surface area contributed by atoms with Crippen LogP contribution in [-0.4, -0.2) is 62.4 Å². The Morgan fingerprint density at radius 1 is 1.00 bits per heavy atom. The molecule has 37 heavy (non-hydrogen) atoms. The molecule has 0 spiro atoms. The van der Waals surface area contributed by atoms with Gasteiger partial charge in [-0.15, -0.1) is 0 Å². The van der Waals surface area contributed by atoms with Crippen LogP contribution in [0.4, 0.5) is 17.1 Å². The molecular weight excluding hydrogens is 466 g/mol.